The number of benzene rings is 2. The fourth-order valence-electron chi connectivity index (χ4n) is 8.03. The molecule has 2 aromatic rings. The first kappa shape index (κ1) is 33.5. The zero-order chi connectivity index (χ0) is 32.5. The molecule has 3 saturated carbocycles. The second kappa shape index (κ2) is 13.9. The van der Waals surface area contributed by atoms with E-state index in [1.807, 2.05) is 56.6 Å². The molecule has 4 fully saturated rings. The summed E-state index contributed by atoms with van der Waals surface area (Å²) in [6.07, 6.45) is 1.57. The summed E-state index contributed by atoms with van der Waals surface area (Å²) in [5, 5.41) is 28.8. The van der Waals surface area contributed by atoms with Gasteiger partial charge < -0.3 is 25.7 Å². The number of hydrogen-bond acceptors (Lipinski definition) is 7. The van der Waals surface area contributed by atoms with E-state index in [2.05, 4.69) is 42.4 Å². The van der Waals surface area contributed by atoms with Crippen LogP contribution in [0.2, 0.25) is 0 Å². The molecule has 1 saturated heterocycles. The third-order valence-corrected chi connectivity index (χ3v) is 10.9. The SMILES string of the molecule is C[C@H](O)[C@@H]1[C@H](CO)ON(Cc2cccc(-c3ccc(C(=O)NCCCN(C)C)cc3)c2)[C@@H]1C(=O)NC1C[C@@H]2C[C@H]([C@@H]1C)C2(C)C. The molecule has 2 aromatic carbocycles. The van der Waals surface area contributed by atoms with Gasteiger partial charge in [0.2, 0.25) is 5.91 Å². The molecule has 9 nitrogen and oxygen atoms in total. The molecule has 45 heavy (non-hydrogen) atoms. The van der Waals surface area contributed by atoms with Gasteiger partial charge in [0.25, 0.3) is 5.91 Å². The average molecular weight is 621 g/mol. The number of amides is 2. The van der Waals surface area contributed by atoms with Gasteiger partial charge in [-0.3, -0.25) is 14.4 Å². The molecule has 3 aliphatic carbocycles. The van der Waals surface area contributed by atoms with E-state index in [9.17, 15) is 19.8 Å². The maximum atomic E-state index is 13.9. The minimum atomic E-state index is -0.839. The highest BCUT2D eigenvalue weighted by atomic mass is 16.7. The average Bonchev–Trinajstić information content (AvgIpc) is 3.38. The zero-order valence-electron chi connectivity index (χ0n) is 27.7. The molecule has 0 aromatic heterocycles. The van der Waals surface area contributed by atoms with E-state index in [1.54, 1.807) is 12.0 Å². The standard InChI is InChI=1S/C36H52N4O5/c1-22-29-18-28(36(29,3)4)19-30(22)38-35(44)33-32(23(2)42)31(21-41)45-40(33)20-24-9-7-10-27(17-24)25-11-13-26(14-12-25)34(43)37-15-8-16-39(5)6/h7,9-14,17,22-23,28-33,41-42H,8,15-16,18-21H2,1-6H3,(H,37,43)(H,38,44)/t22-,23-,28-,29+,30?,31-,32+,33-/m0/s1. The van der Waals surface area contributed by atoms with Crippen molar-refractivity contribution in [3.63, 3.8) is 0 Å². The monoisotopic (exact) mass is 620 g/mol. The number of carbonyl (C=O) groups is 2. The van der Waals surface area contributed by atoms with Gasteiger partial charge >= 0.3 is 0 Å². The summed E-state index contributed by atoms with van der Waals surface area (Å²) in [5.74, 6) is 0.773. The Kier molecular flexibility index (Phi) is 10.4. The summed E-state index contributed by atoms with van der Waals surface area (Å²) in [5.41, 5.74) is 3.82. The Morgan fingerprint density at radius 2 is 1.84 bits per heavy atom. The smallest absolute Gasteiger partial charge is 0.251 e. The summed E-state index contributed by atoms with van der Waals surface area (Å²) in [6, 6.07) is 14.9. The van der Waals surface area contributed by atoms with Crippen LogP contribution < -0.4 is 10.6 Å². The molecule has 1 heterocycles. The van der Waals surface area contributed by atoms with Gasteiger partial charge in [-0.25, -0.2) is 0 Å². The summed E-state index contributed by atoms with van der Waals surface area (Å²) in [4.78, 5) is 34.8. The number of hydrogen-bond donors (Lipinski definition) is 4. The summed E-state index contributed by atoms with van der Waals surface area (Å²) >= 11 is 0. The van der Waals surface area contributed by atoms with Crippen molar-refractivity contribution in [2.45, 2.75) is 77.8 Å². The number of nitrogens with zero attached hydrogens (tertiary/aromatic N) is 2. The highest BCUT2D eigenvalue weighted by Gasteiger charge is 2.57. The van der Waals surface area contributed by atoms with E-state index >= 15 is 0 Å². The molecule has 6 rings (SSSR count). The second-order valence-electron chi connectivity index (χ2n) is 14.4. The molecule has 9 heteroatoms. The highest BCUT2D eigenvalue weighted by Crippen LogP contribution is 2.61. The predicted molar refractivity (Wildman–Crippen MR) is 175 cm³/mol. The normalized spacial score (nSPS) is 29.7. The molecule has 2 amide bonds. The first-order valence-electron chi connectivity index (χ1n) is 16.6. The van der Waals surface area contributed by atoms with Crippen LogP contribution in [0.1, 0.15) is 62.9 Å². The van der Waals surface area contributed by atoms with Crippen LogP contribution in [0.3, 0.4) is 0 Å². The number of rotatable bonds is 12. The maximum absolute atomic E-state index is 13.9. The summed E-state index contributed by atoms with van der Waals surface area (Å²) in [7, 11) is 4.03. The Morgan fingerprint density at radius 1 is 1.11 bits per heavy atom. The number of aliphatic hydroxyl groups excluding tert-OH is 2. The molecule has 2 bridgehead atoms. The van der Waals surface area contributed by atoms with Gasteiger partial charge in [0.15, 0.2) is 0 Å². The van der Waals surface area contributed by atoms with E-state index in [4.69, 9.17) is 4.84 Å². The number of aliphatic hydroxyl groups is 2. The first-order valence-corrected chi connectivity index (χ1v) is 16.6. The summed E-state index contributed by atoms with van der Waals surface area (Å²) < 4.78 is 0. The largest absolute Gasteiger partial charge is 0.394 e. The van der Waals surface area contributed by atoms with Crippen LogP contribution in [0.5, 0.6) is 0 Å². The van der Waals surface area contributed by atoms with Gasteiger partial charge in [-0.05, 0) is 105 Å². The van der Waals surface area contributed by atoms with Gasteiger partial charge in [0, 0.05) is 24.1 Å². The molecule has 246 valence electrons. The minimum absolute atomic E-state index is 0.0842. The van der Waals surface area contributed by atoms with E-state index in [1.165, 1.54) is 6.42 Å². The number of hydroxylamine groups is 2. The van der Waals surface area contributed by atoms with Crippen molar-refractivity contribution in [1.82, 2.24) is 20.6 Å². The van der Waals surface area contributed by atoms with Crippen molar-refractivity contribution in [2.75, 3.05) is 33.8 Å². The predicted octanol–water partition coefficient (Wildman–Crippen LogP) is 3.70. The van der Waals surface area contributed by atoms with Crippen molar-refractivity contribution >= 4 is 11.8 Å². The van der Waals surface area contributed by atoms with Crippen molar-refractivity contribution in [3.8, 4) is 11.1 Å². The third-order valence-electron chi connectivity index (χ3n) is 10.9. The van der Waals surface area contributed by atoms with Crippen molar-refractivity contribution in [3.05, 3.63) is 59.7 Å². The lowest BCUT2D eigenvalue weighted by Gasteiger charge is -2.62. The Hall–Kier alpha value is -2.82. The maximum Gasteiger partial charge on any atom is 0.251 e. The Labute approximate surface area is 268 Å². The Balaban J connectivity index is 1.28. The summed E-state index contributed by atoms with van der Waals surface area (Å²) in [6.45, 7) is 10.2. The fourth-order valence-corrected chi connectivity index (χ4v) is 8.03. The van der Waals surface area contributed by atoms with Gasteiger partial charge in [-0.2, -0.15) is 5.06 Å². The lowest BCUT2D eigenvalue weighted by molar-refractivity contribution is -0.183. The van der Waals surface area contributed by atoms with E-state index < -0.39 is 24.2 Å². The van der Waals surface area contributed by atoms with Gasteiger partial charge in [0.05, 0.1) is 19.3 Å². The van der Waals surface area contributed by atoms with Gasteiger partial charge in [-0.1, -0.05) is 51.1 Å². The zero-order valence-corrected chi connectivity index (χ0v) is 27.7. The van der Waals surface area contributed by atoms with Gasteiger partial charge in [-0.15, -0.1) is 0 Å². The molecule has 8 atom stereocenters. The molecule has 4 N–H and O–H groups in total. The fraction of sp³-hybridized carbons (Fsp3) is 0.611. The van der Waals surface area contributed by atoms with Crippen LogP contribution in [0.15, 0.2) is 48.5 Å². The van der Waals surface area contributed by atoms with E-state index in [0.29, 0.717) is 41.8 Å². The van der Waals surface area contributed by atoms with E-state index in [-0.39, 0.29) is 24.5 Å². The van der Waals surface area contributed by atoms with Crippen LogP contribution in [0.25, 0.3) is 11.1 Å². The van der Waals surface area contributed by atoms with Crippen molar-refractivity contribution in [1.29, 1.82) is 0 Å². The first-order chi connectivity index (χ1) is 21.4. The lowest BCUT2D eigenvalue weighted by atomic mass is 9.45. The molecular weight excluding hydrogens is 568 g/mol. The molecule has 0 radical (unpaired) electrons. The molecule has 1 aliphatic heterocycles. The Morgan fingerprint density at radius 3 is 2.47 bits per heavy atom. The quantitative estimate of drug-likeness (QED) is 0.268. The van der Waals surface area contributed by atoms with Crippen LogP contribution in [-0.4, -0.2) is 90.1 Å². The van der Waals surface area contributed by atoms with Gasteiger partial charge in [0.1, 0.15) is 12.1 Å². The number of nitrogens with one attached hydrogen (secondary N) is 2. The van der Waals surface area contributed by atoms with Crippen LogP contribution in [0, 0.1) is 29.1 Å². The minimum Gasteiger partial charge on any atom is -0.394 e. The number of fused-ring (bicyclic) bond motifs is 2. The van der Waals surface area contributed by atoms with Crippen LogP contribution in [0.4, 0.5) is 0 Å². The van der Waals surface area contributed by atoms with Crippen LogP contribution in [-0.2, 0) is 16.2 Å². The molecule has 0 spiro atoms. The number of carbonyl (C=O) groups excluding carboxylic acids is 2. The molecular formula is C36H52N4O5. The lowest BCUT2D eigenvalue weighted by Crippen LogP contribution is -2.62. The molecule has 4 aliphatic rings. The Bertz CT molecular complexity index is 1330. The topological polar surface area (TPSA) is 114 Å². The highest BCUT2D eigenvalue weighted by molar-refractivity contribution is 5.94. The van der Waals surface area contributed by atoms with Crippen LogP contribution >= 0.6 is 0 Å². The second-order valence-corrected chi connectivity index (χ2v) is 14.4. The van der Waals surface area contributed by atoms with Crippen molar-refractivity contribution < 1.29 is 24.6 Å². The molecule has 1 unspecified atom stereocenters. The third kappa shape index (κ3) is 7.13. The van der Waals surface area contributed by atoms with E-state index in [0.717, 1.165) is 36.1 Å². The van der Waals surface area contributed by atoms with Crippen molar-refractivity contribution in [2.24, 2.45) is 29.1 Å².